The van der Waals surface area contributed by atoms with Crippen molar-refractivity contribution < 1.29 is 14.0 Å². The molecular weight excluding hydrogens is 448 g/mol. The van der Waals surface area contributed by atoms with Crippen LogP contribution in [-0.2, 0) is 6.54 Å². The number of hydrogen-bond donors (Lipinski definition) is 1. The first-order valence-corrected chi connectivity index (χ1v) is 10.2. The van der Waals surface area contributed by atoms with E-state index in [9.17, 15) is 10.1 Å². The summed E-state index contributed by atoms with van der Waals surface area (Å²) in [6.07, 6.45) is 3.15. The topological polar surface area (TPSA) is 123 Å². The van der Waals surface area contributed by atoms with E-state index >= 15 is 0 Å². The first-order valence-electron chi connectivity index (χ1n) is 9.78. The summed E-state index contributed by atoms with van der Waals surface area (Å²) < 4.78 is 10.5. The lowest BCUT2D eigenvalue weighted by molar-refractivity contribution is -0.382. The SMILES string of the molecule is O=[N+]([O-])c1c(Nc2ccccn2)cc(N(Cc2ccco2)c2ccccc2Cl)c2nonc12. The third-order valence-corrected chi connectivity index (χ3v) is 5.25. The van der Waals surface area contributed by atoms with E-state index in [1.807, 2.05) is 29.2 Å². The van der Waals surface area contributed by atoms with Crippen molar-refractivity contribution in [2.24, 2.45) is 0 Å². The lowest BCUT2D eigenvalue weighted by atomic mass is 10.1. The van der Waals surface area contributed by atoms with Crippen LogP contribution in [-0.4, -0.2) is 20.2 Å². The second-order valence-corrected chi connectivity index (χ2v) is 7.37. The third kappa shape index (κ3) is 3.94. The minimum absolute atomic E-state index is 0.00701. The molecule has 0 aliphatic rings. The molecule has 33 heavy (non-hydrogen) atoms. The van der Waals surface area contributed by atoms with Gasteiger partial charge in [0.15, 0.2) is 5.52 Å². The number of aromatic nitrogens is 3. The molecule has 0 fully saturated rings. The van der Waals surface area contributed by atoms with E-state index in [0.717, 1.165) is 0 Å². The lowest BCUT2D eigenvalue weighted by Crippen LogP contribution is -2.17. The van der Waals surface area contributed by atoms with Crippen LogP contribution in [0.25, 0.3) is 11.0 Å². The van der Waals surface area contributed by atoms with Crippen LogP contribution in [0.15, 0.2) is 82.2 Å². The van der Waals surface area contributed by atoms with E-state index in [2.05, 4.69) is 20.6 Å². The first-order chi connectivity index (χ1) is 16.1. The number of nitrogens with one attached hydrogen (secondary N) is 1. The molecule has 0 atom stereocenters. The molecule has 3 aromatic heterocycles. The Morgan fingerprint density at radius 3 is 2.58 bits per heavy atom. The number of nitro benzene ring substituents is 1. The van der Waals surface area contributed by atoms with Gasteiger partial charge in [0.1, 0.15) is 17.3 Å². The highest BCUT2D eigenvalue weighted by atomic mass is 35.5. The fourth-order valence-corrected chi connectivity index (χ4v) is 3.74. The molecule has 0 saturated heterocycles. The van der Waals surface area contributed by atoms with Gasteiger partial charge >= 0.3 is 5.69 Å². The molecule has 0 bridgehead atoms. The first kappa shape index (κ1) is 20.5. The maximum atomic E-state index is 12.0. The fourth-order valence-electron chi connectivity index (χ4n) is 3.50. The molecule has 0 amide bonds. The van der Waals surface area contributed by atoms with E-state index in [-0.39, 0.29) is 29.0 Å². The van der Waals surface area contributed by atoms with Crippen molar-refractivity contribution in [2.75, 3.05) is 10.2 Å². The summed E-state index contributed by atoms with van der Waals surface area (Å²) in [7, 11) is 0. The van der Waals surface area contributed by atoms with Crippen LogP contribution in [0.3, 0.4) is 0 Å². The van der Waals surface area contributed by atoms with Gasteiger partial charge in [-0.2, -0.15) is 0 Å². The average Bonchev–Trinajstić information content (AvgIpc) is 3.50. The van der Waals surface area contributed by atoms with Gasteiger partial charge in [0.05, 0.1) is 34.1 Å². The second kappa shape index (κ2) is 8.60. The number of furan rings is 1. The smallest absolute Gasteiger partial charge is 0.324 e. The minimum Gasteiger partial charge on any atom is -0.467 e. The van der Waals surface area contributed by atoms with Crippen LogP contribution in [0.2, 0.25) is 5.02 Å². The van der Waals surface area contributed by atoms with E-state index in [0.29, 0.717) is 28.0 Å². The molecule has 2 aromatic carbocycles. The van der Waals surface area contributed by atoms with Crippen LogP contribution in [0, 0.1) is 10.1 Å². The van der Waals surface area contributed by atoms with E-state index in [4.69, 9.17) is 20.6 Å². The molecule has 0 unspecified atom stereocenters. The summed E-state index contributed by atoms with van der Waals surface area (Å²) >= 11 is 6.52. The maximum Gasteiger partial charge on any atom is 0.324 e. The van der Waals surface area contributed by atoms with Gasteiger partial charge in [-0.1, -0.05) is 29.8 Å². The highest BCUT2D eigenvalue weighted by molar-refractivity contribution is 6.33. The van der Waals surface area contributed by atoms with Crippen LogP contribution >= 0.6 is 11.6 Å². The number of nitro groups is 1. The lowest BCUT2D eigenvalue weighted by Gasteiger charge is -2.25. The van der Waals surface area contributed by atoms with Gasteiger partial charge in [-0.15, -0.1) is 0 Å². The van der Waals surface area contributed by atoms with E-state index in [1.54, 1.807) is 48.9 Å². The summed E-state index contributed by atoms with van der Waals surface area (Å²) in [6.45, 7) is 0.277. The number of pyridine rings is 1. The van der Waals surface area contributed by atoms with Crippen molar-refractivity contribution in [3.63, 3.8) is 0 Å². The van der Waals surface area contributed by atoms with Gasteiger partial charge in [0.2, 0.25) is 5.52 Å². The fraction of sp³-hybridized carbons (Fsp3) is 0.0455. The molecule has 0 aliphatic heterocycles. The highest BCUT2D eigenvalue weighted by Crippen LogP contribution is 2.43. The standard InChI is InChI=1S/C22H15ClN6O4/c23-15-7-1-2-8-17(15)28(13-14-6-5-11-32-14)18-12-16(25-19-9-3-4-10-24-19)22(29(30)31)21-20(18)26-33-27-21/h1-12H,13H2,(H,24,25). The molecule has 164 valence electrons. The Bertz CT molecular complexity index is 1420. The second-order valence-electron chi connectivity index (χ2n) is 6.97. The zero-order chi connectivity index (χ0) is 22.8. The van der Waals surface area contributed by atoms with Crippen molar-refractivity contribution in [2.45, 2.75) is 6.54 Å². The summed E-state index contributed by atoms with van der Waals surface area (Å²) in [6, 6.07) is 17.7. The van der Waals surface area contributed by atoms with Gasteiger partial charge in [0.25, 0.3) is 0 Å². The van der Waals surface area contributed by atoms with E-state index < -0.39 is 4.92 Å². The Morgan fingerprint density at radius 2 is 1.85 bits per heavy atom. The molecule has 0 saturated carbocycles. The molecule has 3 heterocycles. The summed E-state index contributed by atoms with van der Waals surface area (Å²) in [5, 5.41) is 23.3. The highest BCUT2D eigenvalue weighted by Gasteiger charge is 2.29. The molecule has 11 heteroatoms. The minimum atomic E-state index is -0.534. The largest absolute Gasteiger partial charge is 0.467 e. The van der Waals surface area contributed by atoms with Crippen LogP contribution in [0.4, 0.5) is 28.6 Å². The average molecular weight is 463 g/mol. The van der Waals surface area contributed by atoms with Gasteiger partial charge in [-0.25, -0.2) is 9.61 Å². The van der Waals surface area contributed by atoms with Gasteiger partial charge in [-0.05, 0) is 52.8 Å². The monoisotopic (exact) mass is 462 g/mol. The van der Waals surface area contributed by atoms with Crippen LogP contribution in [0.5, 0.6) is 0 Å². The van der Waals surface area contributed by atoms with E-state index in [1.165, 1.54) is 0 Å². The Kier molecular flexibility index (Phi) is 5.33. The molecule has 10 nitrogen and oxygen atoms in total. The Balaban J connectivity index is 1.74. The maximum absolute atomic E-state index is 12.0. The summed E-state index contributed by atoms with van der Waals surface area (Å²) in [4.78, 5) is 17.5. The van der Waals surface area contributed by atoms with Crippen molar-refractivity contribution in [3.05, 3.63) is 94.0 Å². The number of halogens is 1. The van der Waals surface area contributed by atoms with Gasteiger partial charge in [-0.3, -0.25) is 10.1 Å². The van der Waals surface area contributed by atoms with Crippen molar-refractivity contribution in [1.82, 2.24) is 15.3 Å². The van der Waals surface area contributed by atoms with Crippen LogP contribution < -0.4 is 10.2 Å². The Morgan fingerprint density at radius 1 is 1.03 bits per heavy atom. The van der Waals surface area contributed by atoms with Crippen molar-refractivity contribution in [3.8, 4) is 0 Å². The molecule has 0 aliphatic carbocycles. The molecule has 5 rings (SSSR count). The summed E-state index contributed by atoms with van der Waals surface area (Å²) in [5.41, 5.74) is 1.23. The zero-order valence-corrected chi connectivity index (χ0v) is 17.6. The number of hydrogen-bond acceptors (Lipinski definition) is 9. The zero-order valence-electron chi connectivity index (χ0n) is 16.9. The molecular formula is C22H15ClN6O4. The normalized spacial score (nSPS) is 10.9. The Hall–Kier alpha value is -4.44. The van der Waals surface area contributed by atoms with Gasteiger partial charge < -0.3 is 14.6 Å². The number of para-hydroxylation sites is 1. The quantitative estimate of drug-likeness (QED) is 0.234. The Labute approximate surface area is 191 Å². The summed E-state index contributed by atoms with van der Waals surface area (Å²) in [5.74, 6) is 1.08. The number of benzene rings is 2. The number of anilines is 4. The van der Waals surface area contributed by atoms with Crippen LogP contribution in [0.1, 0.15) is 5.76 Å². The third-order valence-electron chi connectivity index (χ3n) is 4.93. The number of nitrogens with zero attached hydrogens (tertiary/aromatic N) is 5. The van der Waals surface area contributed by atoms with Crippen molar-refractivity contribution >= 4 is 51.2 Å². The predicted octanol–water partition coefficient (Wildman–Crippen LogP) is 5.85. The number of rotatable bonds is 7. The molecule has 1 N–H and O–H groups in total. The molecule has 0 spiro atoms. The number of fused-ring (bicyclic) bond motifs is 1. The molecule has 0 radical (unpaired) electrons. The van der Waals surface area contributed by atoms with Gasteiger partial charge in [0, 0.05) is 6.20 Å². The molecule has 5 aromatic rings. The van der Waals surface area contributed by atoms with Crippen molar-refractivity contribution in [1.29, 1.82) is 0 Å². The predicted molar refractivity (Wildman–Crippen MR) is 122 cm³/mol.